The van der Waals surface area contributed by atoms with Gasteiger partial charge in [-0.05, 0) is 87.6 Å². The van der Waals surface area contributed by atoms with Gasteiger partial charge in [-0.1, -0.05) is 50.8 Å². The predicted octanol–water partition coefficient (Wildman–Crippen LogP) is 6.20. The summed E-state index contributed by atoms with van der Waals surface area (Å²) < 4.78 is 54.3. The number of rotatable bonds is 13. The van der Waals surface area contributed by atoms with Crippen LogP contribution in [0, 0.1) is 29.0 Å². The molecule has 0 radical (unpaired) electrons. The van der Waals surface area contributed by atoms with Gasteiger partial charge in [0.15, 0.2) is 0 Å². The molecule has 12 nitrogen and oxygen atoms in total. The number of carbonyl (C=O) groups is 4. The van der Waals surface area contributed by atoms with Crippen molar-refractivity contribution in [1.82, 2.24) is 24.9 Å². The Bertz CT molecular complexity index is 1980. The Labute approximate surface area is 337 Å². The van der Waals surface area contributed by atoms with Crippen LogP contribution in [-0.2, 0) is 25.0 Å². The highest BCUT2D eigenvalue weighted by Crippen LogP contribution is 2.37. The highest BCUT2D eigenvalue weighted by Gasteiger charge is 2.44. The van der Waals surface area contributed by atoms with E-state index in [2.05, 4.69) is 20.6 Å². The lowest BCUT2D eigenvalue weighted by Crippen LogP contribution is -2.54. The van der Waals surface area contributed by atoms with Crippen molar-refractivity contribution in [3.05, 3.63) is 82.9 Å². The Kier molecular flexibility index (Phi) is 14.0. The number of Topliss-reactive ketones (excluding diaryl/α,β-unsaturated/α-hetero) is 1. The summed E-state index contributed by atoms with van der Waals surface area (Å²) in [5, 5.41) is 19.2. The number of anilines is 1. The van der Waals surface area contributed by atoms with Crippen LogP contribution in [0.1, 0.15) is 104 Å². The number of piperidine rings is 1. The highest BCUT2D eigenvalue weighted by molar-refractivity contribution is 5.98. The van der Waals surface area contributed by atoms with Crippen LogP contribution < -0.4 is 10.6 Å². The Morgan fingerprint density at radius 3 is 2.34 bits per heavy atom. The number of benzene rings is 2. The van der Waals surface area contributed by atoms with E-state index in [-0.39, 0.29) is 29.1 Å². The summed E-state index contributed by atoms with van der Waals surface area (Å²) in [6.07, 6.45) is 6.92. The van der Waals surface area contributed by atoms with E-state index < -0.39 is 59.2 Å². The van der Waals surface area contributed by atoms with E-state index in [1.165, 1.54) is 24.3 Å². The van der Waals surface area contributed by atoms with Crippen molar-refractivity contribution >= 4 is 29.2 Å². The summed E-state index contributed by atoms with van der Waals surface area (Å²) in [6, 6.07) is 11.1. The summed E-state index contributed by atoms with van der Waals surface area (Å²) in [5.41, 5.74) is -0.160. The smallest absolute Gasteiger partial charge is 0.330 e. The van der Waals surface area contributed by atoms with Gasteiger partial charge in [0.25, 0.3) is 5.91 Å². The third kappa shape index (κ3) is 9.96. The largest absolute Gasteiger partial charge is 0.378 e. The topological polar surface area (TPSA) is 150 Å². The van der Waals surface area contributed by atoms with E-state index in [9.17, 15) is 24.4 Å². The van der Waals surface area contributed by atoms with Crippen molar-refractivity contribution < 1.29 is 37.1 Å². The number of ketones is 1. The maximum absolute atomic E-state index is 16.0. The van der Waals surface area contributed by atoms with Gasteiger partial charge in [0, 0.05) is 43.1 Å². The summed E-state index contributed by atoms with van der Waals surface area (Å²) in [7, 11) is 2.04. The monoisotopic (exact) mass is 803 g/mol. The van der Waals surface area contributed by atoms with Crippen molar-refractivity contribution in [1.29, 1.82) is 5.26 Å². The maximum atomic E-state index is 16.0. The molecule has 0 unspecified atom stereocenters. The first-order chi connectivity index (χ1) is 27.9. The average Bonchev–Trinajstić information content (AvgIpc) is 3.58. The van der Waals surface area contributed by atoms with Gasteiger partial charge in [0.2, 0.25) is 17.6 Å². The molecule has 15 heteroatoms. The molecule has 6 rings (SSSR count). The van der Waals surface area contributed by atoms with Gasteiger partial charge < -0.3 is 25.2 Å². The number of nitriles is 1. The van der Waals surface area contributed by atoms with Gasteiger partial charge in [0.05, 0.1) is 36.6 Å². The zero-order valence-corrected chi connectivity index (χ0v) is 33.1. The molecule has 310 valence electrons. The van der Waals surface area contributed by atoms with E-state index >= 15 is 13.2 Å². The molecule has 3 aromatic rings. The van der Waals surface area contributed by atoms with Gasteiger partial charge in [-0.15, -0.1) is 0 Å². The second kappa shape index (κ2) is 19.1. The molecule has 3 heterocycles. The van der Waals surface area contributed by atoms with Crippen LogP contribution in [0.15, 0.2) is 54.7 Å². The zero-order chi connectivity index (χ0) is 41.4. The molecule has 0 bridgehead atoms. The number of hydrogen-bond donors (Lipinski definition) is 2. The molecule has 3 atom stereocenters. The van der Waals surface area contributed by atoms with Crippen LogP contribution in [-0.4, -0.2) is 95.6 Å². The number of alkyl halides is 2. The van der Waals surface area contributed by atoms with Crippen LogP contribution in [0.25, 0.3) is 0 Å². The number of likely N-dealkylation sites (tertiary alicyclic amines) is 1. The van der Waals surface area contributed by atoms with Crippen molar-refractivity contribution in [2.45, 2.75) is 88.6 Å². The minimum absolute atomic E-state index is 0.0212. The lowest BCUT2D eigenvalue weighted by atomic mass is 9.80. The lowest BCUT2D eigenvalue weighted by Gasteiger charge is -2.34. The number of nitrogens with one attached hydrogen (secondary N) is 2. The second-order valence-electron chi connectivity index (χ2n) is 15.9. The first-order valence-corrected chi connectivity index (χ1v) is 20.3. The van der Waals surface area contributed by atoms with Crippen LogP contribution in [0.3, 0.4) is 0 Å². The van der Waals surface area contributed by atoms with Gasteiger partial charge in [-0.25, -0.2) is 4.39 Å². The number of nitrogens with zero attached hydrogens (tertiary/aromatic N) is 5. The third-order valence-electron chi connectivity index (χ3n) is 12.0. The van der Waals surface area contributed by atoms with Gasteiger partial charge in [-0.2, -0.15) is 19.1 Å². The quantitative estimate of drug-likeness (QED) is 0.194. The molecule has 0 spiro atoms. The fraction of sp³-hybridized carbons (Fsp3) is 0.535. The molecule has 2 aliphatic heterocycles. The molecule has 1 saturated carbocycles. The second-order valence-corrected chi connectivity index (χ2v) is 15.9. The molecular formula is C43H52F3N7O5. The minimum Gasteiger partial charge on any atom is -0.378 e. The van der Waals surface area contributed by atoms with E-state index in [0.717, 1.165) is 63.7 Å². The Balaban J connectivity index is 1.21. The molecular weight excluding hydrogens is 752 g/mol. The lowest BCUT2D eigenvalue weighted by molar-refractivity contribution is -0.147. The SMILES string of the molecule is C[C@@H](c1ccc(NC(=O)[C@@H](CC(=O)C(F)(F)c2cccc(C#N)c2)C2CCCCCC2)c(F)c1)[C@@H](NC(=O)c1ccnn1C1CCN(C)CC1)C(=O)N1CCOCC1. The van der Waals surface area contributed by atoms with E-state index in [0.29, 0.717) is 50.4 Å². The van der Waals surface area contributed by atoms with Gasteiger partial charge >= 0.3 is 5.92 Å². The first kappa shape index (κ1) is 42.5. The first-order valence-electron chi connectivity index (χ1n) is 20.3. The van der Waals surface area contributed by atoms with E-state index in [1.54, 1.807) is 40.9 Å². The van der Waals surface area contributed by atoms with Crippen LogP contribution in [0.4, 0.5) is 18.9 Å². The van der Waals surface area contributed by atoms with Gasteiger partial charge in [-0.3, -0.25) is 23.9 Å². The average molecular weight is 804 g/mol. The van der Waals surface area contributed by atoms with Crippen molar-refractivity contribution in [3.8, 4) is 6.07 Å². The summed E-state index contributed by atoms with van der Waals surface area (Å²) >= 11 is 0. The normalized spacial score (nSPS) is 19.0. The molecule has 2 N–H and O–H groups in total. The van der Waals surface area contributed by atoms with Crippen LogP contribution in [0.2, 0.25) is 0 Å². The number of morpholine rings is 1. The summed E-state index contributed by atoms with van der Waals surface area (Å²) in [5.74, 6) is -10.1. The van der Waals surface area contributed by atoms with Crippen LogP contribution in [0.5, 0.6) is 0 Å². The summed E-state index contributed by atoms with van der Waals surface area (Å²) in [4.78, 5) is 59.0. The van der Waals surface area contributed by atoms with Crippen LogP contribution >= 0.6 is 0 Å². The Hall–Kier alpha value is -5.07. The van der Waals surface area contributed by atoms with E-state index in [1.807, 2.05) is 7.05 Å². The fourth-order valence-electron chi connectivity index (χ4n) is 8.41. The molecule has 1 aromatic heterocycles. The Morgan fingerprint density at radius 1 is 0.966 bits per heavy atom. The molecule has 3 aliphatic rings. The number of hydrogen-bond acceptors (Lipinski definition) is 8. The molecule has 3 amide bonds. The van der Waals surface area contributed by atoms with Gasteiger partial charge in [0.1, 0.15) is 17.6 Å². The zero-order valence-electron chi connectivity index (χ0n) is 33.1. The van der Waals surface area contributed by atoms with Crippen molar-refractivity contribution in [3.63, 3.8) is 0 Å². The maximum Gasteiger partial charge on any atom is 0.330 e. The molecule has 3 fully saturated rings. The molecule has 2 saturated heterocycles. The summed E-state index contributed by atoms with van der Waals surface area (Å²) in [6.45, 7) is 4.76. The standard InChI is InChI=1S/C43H52F3N7O5/c1-28(39(42(57)52-20-22-58-23-21-52)50-41(56)37-14-17-48-53(37)33-15-18-51(2)19-16-33)31-12-13-36(35(44)25-31)49-40(55)34(30-9-5-3-4-6-10-30)26-38(54)43(45,46)32-11-7-8-29(24-32)27-47/h7-8,11-14,17,24-25,28,30,33-34,39H,3-6,9-10,15-16,18-23,26H2,1-2H3,(H,49,55)(H,50,56)/t28-,34-,39+/m0/s1. The highest BCUT2D eigenvalue weighted by atomic mass is 19.3. The number of ether oxygens (including phenoxy) is 1. The molecule has 2 aromatic carbocycles. The van der Waals surface area contributed by atoms with E-state index in [4.69, 9.17) is 4.74 Å². The molecule has 58 heavy (non-hydrogen) atoms. The fourth-order valence-corrected chi connectivity index (χ4v) is 8.41. The third-order valence-corrected chi connectivity index (χ3v) is 12.0. The number of carbonyl (C=O) groups excluding carboxylic acids is 4. The minimum atomic E-state index is -3.95. The predicted molar refractivity (Wildman–Crippen MR) is 209 cm³/mol. The van der Waals surface area contributed by atoms with Crippen molar-refractivity contribution in [2.24, 2.45) is 11.8 Å². The number of halogens is 3. The Morgan fingerprint density at radius 2 is 1.67 bits per heavy atom. The van der Waals surface area contributed by atoms with Crippen molar-refractivity contribution in [2.75, 3.05) is 51.8 Å². The number of amides is 3. The number of aromatic nitrogens is 2. The molecule has 1 aliphatic carbocycles.